The number of amides is 1. The van der Waals surface area contributed by atoms with Crippen LogP contribution >= 0.6 is 58.5 Å². The Morgan fingerprint density at radius 2 is 0.735 bits per heavy atom. The standard InChI is InChI=1S/C13H19N4O7P.C12H17N4O8P.C12H16N3O9P.C12H16N3O8P.C12H16N3O7P.C11H14ClN4O7P.CH4/c1-3-7-9-12(16-6(2)15-7)17(5-14-9)13-11(19)10(18)8(24-13)4-23-25(20,21)22;1-5-14-10-7(11(19)15(5)2)13-4-16(10)12-9(18)8(17)6(24-12)3-23-25(20,21)22;1-4-13-10-5(11(19)14-4)2-7(16)15(10)12-9(18)8(17)6(24-12)3-23-25(20,21)22;1-5-13-10-6(11(18)14-5)2-3-15(10)12-9(17)8(16)7(23-12)4-22-24(19,20)21;13-7-1-3-14-11-6(7)2-4-15(11)12-10(17)9(16)8(22-12)5-21-23(18,19)20;1-4-14-9(12)6-10(15-4)16(3-13-6)11-8(18)7(17)5(23-11)2-22-24(19,20)21;/h5,8,10-11,13,18-19H,3-4H2,1-2H3,(H2,20,21,22);4,6,8-9,12,17-18H,3H2,1-2H3,(H2,20,21,22);6,8-9,12,17-18H,2-3H2,1H3,(H,13,14,19)(H2,20,21,22);2-3,7-9,12,16-17H,4H2,1H3,(H,13,14,18)(H2,19,20,21);1-4,8-10,12,16-17H,5H2,(H2,13,14)(H2,18,19,20);3,5,7-8,11,17-18H,2H2,1H3,(H2,19,20,21);1H4/t8-,10-,11-,13-;2*6-,8-,9-,12-;7-,8-,9-,12-;8-,9-,10-,12-;5-,7-,8-,11-;/m111111./s1. The van der Waals surface area contributed by atoms with E-state index in [1.54, 1.807) is 53.1 Å². The molecule has 0 saturated carbocycles. The lowest BCUT2D eigenvalue weighted by atomic mass is 10.1. The number of phosphoric acid groups is 6. The minimum Gasteiger partial charge on any atom is -0.398 e. The molecule has 147 heavy (non-hydrogen) atoms. The van der Waals surface area contributed by atoms with Crippen LogP contribution in [0.25, 0.3) is 55.6 Å². The molecule has 0 aliphatic carbocycles. The van der Waals surface area contributed by atoms with Gasteiger partial charge in [-0.05, 0) is 59.2 Å². The molecular weight excluding hydrogens is 2130 g/mol. The summed E-state index contributed by atoms with van der Waals surface area (Å²) in [7, 11) is -26.9. The van der Waals surface area contributed by atoms with Crippen LogP contribution in [-0.4, -0.2) is 374 Å². The molecule has 0 radical (unpaired) electrons. The third-order valence-electron chi connectivity index (χ3n) is 22.8. The lowest BCUT2D eigenvalue weighted by Gasteiger charge is -2.26. The summed E-state index contributed by atoms with van der Waals surface area (Å²) in [6.45, 7) is 6.36. The normalized spacial score (nSPS) is 27.8. The Bertz CT molecular complexity index is 7090. The second-order valence-corrected chi connectivity index (χ2v) is 40.8. The molecule has 0 spiro atoms. The molecule has 7 aliphatic rings. The van der Waals surface area contributed by atoms with Crippen molar-refractivity contribution < 1.29 is 208 Å². The summed E-state index contributed by atoms with van der Waals surface area (Å²) in [6.07, 6.45) is -21.8. The number of aryl methyl sites for hydroxylation is 6. The summed E-state index contributed by atoms with van der Waals surface area (Å²) in [5, 5.41) is 122. The van der Waals surface area contributed by atoms with Gasteiger partial charge < -0.3 is 173 Å². The van der Waals surface area contributed by atoms with E-state index < -0.39 is 245 Å². The van der Waals surface area contributed by atoms with Gasteiger partial charge in [0.25, 0.3) is 16.7 Å². The number of nitrogens with zero attached hydrogens (tertiary/aromatic N) is 18. The van der Waals surface area contributed by atoms with E-state index in [1.807, 2.05) is 6.92 Å². The Labute approximate surface area is 826 Å². The van der Waals surface area contributed by atoms with E-state index in [4.69, 9.17) is 104 Å². The van der Waals surface area contributed by atoms with Gasteiger partial charge >= 0.3 is 46.9 Å². The number of aliphatic hydroxyl groups excluding tert-OH is 12. The number of rotatable bonds is 25. The molecule has 74 heteroatoms. The Morgan fingerprint density at radius 3 is 1.14 bits per heavy atom. The number of nitrogen functional groups attached to an aromatic ring is 1. The van der Waals surface area contributed by atoms with Crippen LogP contribution in [0.5, 0.6) is 0 Å². The smallest absolute Gasteiger partial charge is 0.398 e. The van der Waals surface area contributed by atoms with Crippen LogP contribution in [0.2, 0.25) is 5.15 Å². The highest BCUT2D eigenvalue weighted by atomic mass is 35.5. The molecule has 67 nitrogen and oxygen atoms in total. The number of H-pyrrole nitrogens is 2. The number of carbonyl (C=O) groups excluding carboxylic acids is 1. The first kappa shape index (κ1) is 117. The maximum absolute atomic E-state index is 12.3. The number of fused-ring (bicyclic) bond motifs is 6. The topological polar surface area (TPSA) is 999 Å². The zero-order chi connectivity index (χ0) is 107. The fourth-order valence-corrected chi connectivity index (χ4v) is 18.1. The number of aromatic nitrogens is 19. The quantitative estimate of drug-likeness (QED) is 0.0187. The van der Waals surface area contributed by atoms with Gasteiger partial charge in [0.1, 0.15) is 167 Å². The van der Waals surface area contributed by atoms with Crippen molar-refractivity contribution in [2.75, 3.05) is 50.3 Å². The van der Waals surface area contributed by atoms with Crippen LogP contribution in [-0.2, 0) is 108 Å². The number of pyridine rings is 1. The fraction of sp³-hybridized carbons (Fsp3) is 0.548. The Kier molecular flexibility index (Phi) is 36.7. The van der Waals surface area contributed by atoms with Crippen LogP contribution in [0.1, 0.15) is 85.9 Å². The predicted molar refractivity (Wildman–Crippen MR) is 487 cm³/mol. The molecule has 18 heterocycles. The Morgan fingerprint density at radius 1 is 0.401 bits per heavy atom. The largest absolute Gasteiger partial charge is 0.469 e. The van der Waals surface area contributed by atoms with E-state index in [0.29, 0.717) is 68.8 Å². The molecule has 0 unspecified atom stereocenters. The molecule has 18 rings (SSSR count). The number of hydrogen-bond acceptors (Lipinski definition) is 46. The highest BCUT2D eigenvalue weighted by molar-refractivity contribution is 7.47. The number of halogens is 1. The summed E-state index contributed by atoms with van der Waals surface area (Å²) in [5.74, 6) is 1.38. The second kappa shape index (κ2) is 46.2. The third-order valence-corrected chi connectivity index (χ3v) is 26.0. The monoisotopic (exact) mass is 2230 g/mol. The van der Waals surface area contributed by atoms with Gasteiger partial charge in [-0.2, -0.15) is 0 Å². The highest BCUT2D eigenvalue weighted by Crippen LogP contribution is 2.47. The SMILES string of the molecule is C.CCc1nc(C)nc2c1ncn2[C@@H]1O[C@H](COP(=O)(O)O)[C@@H](O)[C@H]1O.Cc1nc(Cl)c2ncn([C@@H]3O[C@H](COP(=O)(O)O)[C@@H](O)[C@H]3O)c2n1.Cc1nc2c(c(=O)[nH]1)CC(=O)N2[C@@H]1O[C@H](COP(=O)(O)O)[C@@H](O)[C@H]1O.Cc1nc2c(ccn2[C@@H]2O[C@H](COP(=O)(O)O)[C@@H](O)[C@H]2O)c(=O)[nH]1.Cc1nc2c(ncn2[C@@H]2O[C@H](COP(=O)(O)O)[C@@H](O)[C@H]2O)c(=O)n1C.Nc1ccnc2c1ccn2[C@@H]1O[C@H](COP(=O)(O)O)[C@@H](O)[C@H]1O. The number of carbonyl (C=O) groups is 1. The van der Waals surface area contributed by atoms with Crippen molar-refractivity contribution in [1.82, 2.24) is 92.2 Å². The van der Waals surface area contributed by atoms with Crippen LogP contribution in [0, 0.1) is 34.6 Å². The first-order valence-corrected chi connectivity index (χ1v) is 52.0. The maximum Gasteiger partial charge on any atom is 0.469 e. The highest BCUT2D eigenvalue weighted by Gasteiger charge is 2.54. The average molecular weight is 2230 g/mol. The fourth-order valence-electron chi connectivity index (χ4n) is 15.8. The van der Waals surface area contributed by atoms with Crippen molar-refractivity contribution in [3.63, 3.8) is 0 Å². The van der Waals surface area contributed by atoms with Gasteiger partial charge in [0.15, 0.2) is 65.0 Å². The number of anilines is 2. The van der Waals surface area contributed by atoms with E-state index in [1.165, 1.54) is 71.8 Å². The molecule has 6 fully saturated rings. The number of aliphatic hydroxyl groups is 12. The van der Waals surface area contributed by atoms with Crippen molar-refractivity contribution >= 4 is 132 Å². The van der Waals surface area contributed by atoms with Crippen molar-refractivity contribution in [2.24, 2.45) is 7.05 Å². The number of nitrogens with two attached hydrogens (primary N) is 1. The molecule has 0 aromatic carbocycles. The van der Waals surface area contributed by atoms with E-state index in [-0.39, 0.29) is 69.5 Å². The molecular formula is C73H102ClN21O46P6. The van der Waals surface area contributed by atoms with Crippen LogP contribution in [0.15, 0.2) is 70.2 Å². The number of nitrogens with one attached hydrogen (secondary N) is 2. The van der Waals surface area contributed by atoms with E-state index in [0.717, 1.165) is 10.6 Å². The minimum absolute atomic E-state index is 0. The van der Waals surface area contributed by atoms with Gasteiger partial charge in [0.05, 0.1) is 81.7 Å². The summed E-state index contributed by atoms with van der Waals surface area (Å²) < 4.78 is 132. The van der Waals surface area contributed by atoms with Crippen molar-refractivity contribution in [3.8, 4) is 0 Å². The van der Waals surface area contributed by atoms with E-state index in [2.05, 4.69) is 91.9 Å². The molecule has 0 bridgehead atoms. The van der Waals surface area contributed by atoms with Gasteiger partial charge in [-0.1, -0.05) is 26.0 Å². The number of aromatic amines is 2. The van der Waals surface area contributed by atoms with Gasteiger partial charge in [-0.25, -0.2) is 82.2 Å². The summed E-state index contributed by atoms with van der Waals surface area (Å²) in [4.78, 5) is 205. The molecule has 11 aromatic heterocycles. The predicted octanol–water partition coefficient (Wildman–Crippen LogP) is -6.62. The average Bonchev–Trinajstić information content (AvgIpc) is 1.60. The van der Waals surface area contributed by atoms with Crippen molar-refractivity contribution in [2.45, 2.75) is 209 Å². The molecule has 28 N–H and O–H groups in total. The lowest BCUT2D eigenvalue weighted by Crippen LogP contribution is -2.46. The third kappa shape index (κ3) is 27.0. The number of ether oxygens (including phenoxy) is 6. The number of imidazole rings is 3. The van der Waals surface area contributed by atoms with E-state index >= 15 is 0 Å². The zero-order valence-corrected chi connectivity index (χ0v) is 82.2. The van der Waals surface area contributed by atoms with Crippen LogP contribution in [0.4, 0.5) is 11.5 Å². The molecule has 1 amide bonds. The van der Waals surface area contributed by atoms with Gasteiger partial charge in [-0.3, -0.25) is 69.5 Å². The maximum atomic E-state index is 12.3. The number of hydrogen-bond donors (Lipinski definition) is 27. The van der Waals surface area contributed by atoms with Gasteiger partial charge in [0, 0.05) is 36.7 Å². The summed E-state index contributed by atoms with van der Waals surface area (Å²) in [6, 6.07) is 4.81. The zero-order valence-electron chi connectivity index (χ0n) is 76.1. The summed E-state index contributed by atoms with van der Waals surface area (Å²) in [5.41, 5.74) is 8.49. The Balaban J connectivity index is 0.000000157. The van der Waals surface area contributed by atoms with Crippen LogP contribution < -0.4 is 27.3 Å². The summed E-state index contributed by atoms with van der Waals surface area (Å²) >= 11 is 5.99. The second-order valence-electron chi connectivity index (χ2n) is 33.0. The van der Waals surface area contributed by atoms with Crippen molar-refractivity contribution in [1.29, 1.82) is 0 Å². The molecule has 6 saturated heterocycles. The van der Waals surface area contributed by atoms with Crippen LogP contribution in [0.3, 0.4) is 0 Å². The minimum atomic E-state index is -4.80. The van der Waals surface area contributed by atoms with Crippen molar-refractivity contribution in [3.05, 3.63) is 132 Å². The molecule has 812 valence electrons. The first-order valence-electron chi connectivity index (χ1n) is 42.5. The molecule has 24 atom stereocenters. The Hall–Kier alpha value is -9.06. The van der Waals surface area contributed by atoms with Gasteiger partial charge in [-0.15, -0.1) is 0 Å². The molecule has 11 aromatic rings. The lowest BCUT2D eigenvalue weighted by molar-refractivity contribution is -0.121. The van der Waals surface area contributed by atoms with E-state index in [9.17, 15) is 108 Å². The first-order chi connectivity index (χ1) is 68.0. The number of phosphoric ester groups is 6. The van der Waals surface area contributed by atoms with Gasteiger partial charge in [0.2, 0.25) is 5.91 Å². The molecule has 7 aliphatic heterocycles.